The minimum atomic E-state index is -1.01. The maximum absolute atomic E-state index is 10.1. The molecule has 0 aromatic rings. The zero-order chi connectivity index (χ0) is 6.85. The largest absolute Gasteiger partial charge is 0.477 e. The number of carbonyl (C=O) groups is 1. The van der Waals surface area contributed by atoms with Crippen LogP contribution in [0.5, 0.6) is 0 Å². The molecule has 1 heterocycles. The number of aliphatic carboxylic acids is 1. The molecule has 0 radical (unpaired) electrons. The molecular formula is C4H5ClN2O2. The smallest absolute Gasteiger partial charge is 0.353 e. The molecule has 0 saturated carbocycles. The van der Waals surface area contributed by atoms with Gasteiger partial charge in [-0.05, 0) is 0 Å². The van der Waals surface area contributed by atoms with Crippen LogP contribution in [-0.2, 0) is 4.79 Å². The van der Waals surface area contributed by atoms with Crippen molar-refractivity contribution in [2.75, 3.05) is 0 Å². The molecule has 4 nitrogen and oxygen atoms in total. The SMILES string of the molecule is O=C(O)C1=CNC(Cl)N1. The molecule has 0 aromatic carbocycles. The van der Waals surface area contributed by atoms with Crippen LogP contribution in [-0.4, -0.2) is 16.7 Å². The Morgan fingerprint density at radius 3 is 2.78 bits per heavy atom. The molecule has 1 aliphatic heterocycles. The zero-order valence-electron chi connectivity index (χ0n) is 4.39. The molecule has 3 N–H and O–H groups in total. The van der Waals surface area contributed by atoms with Crippen molar-refractivity contribution in [2.24, 2.45) is 0 Å². The summed E-state index contributed by atoms with van der Waals surface area (Å²) in [4.78, 5) is 10.1. The molecule has 0 spiro atoms. The maximum Gasteiger partial charge on any atom is 0.353 e. The average Bonchev–Trinajstić information content (AvgIpc) is 2.14. The molecule has 1 aliphatic rings. The fourth-order valence-electron chi connectivity index (χ4n) is 0.500. The van der Waals surface area contributed by atoms with Crippen molar-refractivity contribution in [1.82, 2.24) is 10.6 Å². The Hall–Kier alpha value is -0.900. The fourth-order valence-corrected chi connectivity index (χ4v) is 0.680. The summed E-state index contributed by atoms with van der Waals surface area (Å²) >= 11 is 5.41. The van der Waals surface area contributed by atoms with Gasteiger partial charge in [-0.25, -0.2) is 4.79 Å². The molecular weight excluding hydrogens is 144 g/mol. The first-order chi connectivity index (χ1) is 4.20. The van der Waals surface area contributed by atoms with E-state index < -0.39 is 11.6 Å². The first-order valence-electron chi connectivity index (χ1n) is 2.30. The van der Waals surface area contributed by atoms with Gasteiger partial charge in [0, 0.05) is 6.20 Å². The first-order valence-corrected chi connectivity index (χ1v) is 2.74. The van der Waals surface area contributed by atoms with E-state index in [1.165, 1.54) is 6.20 Å². The van der Waals surface area contributed by atoms with Gasteiger partial charge >= 0.3 is 5.97 Å². The van der Waals surface area contributed by atoms with Crippen LogP contribution < -0.4 is 10.6 Å². The quantitative estimate of drug-likeness (QED) is 0.351. The van der Waals surface area contributed by atoms with Gasteiger partial charge in [0.05, 0.1) is 0 Å². The van der Waals surface area contributed by atoms with Gasteiger partial charge in [0.2, 0.25) is 0 Å². The Balaban J connectivity index is 2.55. The predicted molar refractivity (Wildman–Crippen MR) is 31.6 cm³/mol. The molecule has 5 heteroatoms. The Kier molecular flexibility index (Phi) is 1.48. The van der Waals surface area contributed by atoms with E-state index >= 15 is 0 Å². The van der Waals surface area contributed by atoms with Crippen LogP contribution in [0.4, 0.5) is 0 Å². The highest BCUT2D eigenvalue weighted by molar-refractivity contribution is 6.20. The third-order valence-electron chi connectivity index (χ3n) is 0.887. The molecule has 0 bridgehead atoms. The van der Waals surface area contributed by atoms with E-state index in [9.17, 15) is 4.79 Å². The molecule has 0 fully saturated rings. The summed E-state index contributed by atoms with van der Waals surface area (Å²) in [7, 11) is 0. The van der Waals surface area contributed by atoms with Crippen molar-refractivity contribution in [3.63, 3.8) is 0 Å². The monoisotopic (exact) mass is 148 g/mol. The van der Waals surface area contributed by atoms with Crippen LogP contribution >= 0.6 is 11.6 Å². The Bertz CT molecular complexity index is 168. The van der Waals surface area contributed by atoms with Gasteiger partial charge in [-0.2, -0.15) is 0 Å². The van der Waals surface area contributed by atoms with E-state index in [0.29, 0.717) is 0 Å². The lowest BCUT2D eigenvalue weighted by Gasteiger charge is -2.00. The maximum atomic E-state index is 10.1. The lowest BCUT2D eigenvalue weighted by Crippen LogP contribution is -2.27. The number of carboxylic acids is 1. The first kappa shape index (κ1) is 6.22. The fraction of sp³-hybridized carbons (Fsp3) is 0.250. The predicted octanol–water partition coefficient (Wildman–Crippen LogP) is -0.372. The van der Waals surface area contributed by atoms with Crippen LogP contribution in [0.15, 0.2) is 11.9 Å². The van der Waals surface area contributed by atoms with Crippen molar-refractivity contribution in [3.05, 3.63) is 11.9 Å². The molecule has 0 saturated heterocycles. The van der Waals surface area contributed by atoms with Crippen molar-refractivity contribution in [1.29, 1.82) is 0 Å². The van der Waals surface area contributed by atoms with Gasteiger partial charge < -0.3 is 15.7 Å². The third kappa shape index (κ3) is 1.26. The van der Waals surface area contributed by atoms with Gasteiger partial charge in [0.15, 0.2) is 5.62 Å². The van der Waals surface area contributed by atoms with E-state index in [4.69, 9.17) is 16.7 Å². The minimum Gasteiger partial charge on any atom is -0.477 e. The summed E-state index contributed by atoms with van der Waals surface area (Å²) in [5.41, 5.74) is -0.397. The number of hydrogen-bond donors (Lipinski definition) is 3. The Morgan fingerprint density at radius 1 is 1.89 bits per heavy atom. The molecule has 1 unspecified atom stereocenters. The molecule has 0 aliphatic carbocycles. The lowest BCUT2D eigenvalue weighted by atomic mass is 10.5. The molecule has 1 atom stereocenters. The second-order valence-electron chi connectivity index (χ2n) is 1.54. The normalized spacial score (nSPS) is 24.1. The van der Waals surface area contributed by atoms with Crippen LogP contribution in [0.25, 0.3) is 0 Å². The van der Waals surface area contributed by atoms with E-state index in [1.54, 1.807) is 0 Å². The van der Waals surface area contributed by atoms with Crippen LogP contribution in [0.1, 0.15) is 0 Å². The lowest BCUT2D eigenvalue weighted by molar-refractivity contribution is -0.133. The highest BCUT2D eigenvalue weighted by Gasteiger charge is 2.16. The van der Waals surface area contributed by atoms with Gasteiger partial charge in [-0.1, -0.05) is 11.6 Å². The van der Waals surface area contributed by atoms with Gasteiger partial charge in [-0.3, -0.25) is 0 Å². The second kappa shape index (κ2) is 2.14. The summed E-state index contributed by atoms with van der Waals surface area (Å²) in [6.45, 7) is 0. The van der Waals surface area contributed by atoms with E-state index in [1.807, 2.05) is 0 Å². The molecule has 0 amide bonds. The highest BCUT2D eigenvalue weighted by Crippen LogP contribution is 2.00. The summed E-state index contributed by atoms with van der Waals surface area (Å²) in [5, 5.41) is 13.3. The van der Waals surface area contributed by atoms with E-state index in [0.717, 1.165) is 0 Å². The van der Waals surface area contributed by atoms with Crippen LogP contribution in [0.3, 0.4) is 0 Å². The summed E-state index contributed by atoms with van der Waals surface area (Å²) in [6.07, 6.45) is 1.32. The van der Waals surface area contributed by atoms with Crippen molar-refractivity contribution >= 4 is 17.6 Å². The number of hydrogen-bond acceptors (Lipinski definition) is 3. The number of rotatable bonds is 1. The molecule has 50 valence electrons. The molecule has 0 aromatic heterocycles. The summed E-state index contributed by atoms with van der Waals surface area (Å²) < 4.78 is 0. The van der Waals surface area contributed by atoms with Crippen molar-refractivity contribution in [2.45, 2.75) is 5.62 Å². The van der Waals surface area contributed by atoms with Gasteiger partial charge in [-0.15, -0.1) is 0 Å². The average molecular weight is 149 g/mol. The number of nitrogens with one attached hydrogen (secondary N) is 2. The summed E-state index contributed by atoms with van der Waals surface area (Å²) in [5.74, 6) is -1.01. The number of alkyl halides is 1. The topological polar surface area (TPSA) is 61.4 Å². The Morgan fingerprint density at radius 2 is 2.56 bits per heavy atom. The third-order valence-corrected chi connectivity index (χ3v) is 1.12. The van der Waals surface area contributed by atoms with Gasteiger partial charge in [0.1, 0.15) is 5.70 Å². The zero-order valence-corrected chi connectivity index (χ0v) is 5.14. The van der Waals surface area contributed by atoms with E-state index in [-0.39, 0.29) is 5.70 Å². The van der Waals surface area contributed by atoms with Crippen molar-refractivity contribution < 1.29 is 9.90 Å². The van der Waals surface area contributed by atoms with Crippen LogP contribution in [0, 0.1) is 0 Å². The highest BCUT2D eigenvalue weighted by atomic mass is 35.5. The van der Waals surface area contributed by atoms with Crippen molar-refractivity contribution in [3.8, 4) is 0 Å². The minimum absolute atomic E-state index is 0.0926. The number of carboxylic acid groups (broad SMARTS) is 1. The Labute approximate surface area is 56.5 Å². The summed E-state index contributed by atoms with van der Waals surface area (Å²) in [6, 6.07) is 0. The number of halogens is 1. The van der Waals surface area contributed by atoms with Gasteiger partial charge in [0.25, 0.3) is 0 Å². The van der Waals surface area contributed by atoms with Crippen LogP contribution in [0.2, 0.25) is 0 Å². The second-order valence-corrected chi connectivity index (χ2v) is 1.97. The van der Waals surface area contributed by atoms with E-state index in [2.05, 4.69) is 10.6 Å². The molecule has 1 rings (SSSR count). The standard InChI is InChI=1S/C4H5ClN2O2/c5-4-6-1-2(7-4)3(8)9/h1,4,6-7H,(H,8,9). The molecule has 9 heavy (non-hydrogen) atoms.